The number of rotatable bonds is 8. The summed E-state index contributed by atoms with van der Waals surface area (Å²) in [5.74, 6) is 0.567. The highest BCUT2D eigenvalue weighted by atomic mass is 16.5. The second-order valence-electron chi connectivity index (χ2n) is 7.95. The number of amides is 1. The first-order chi connectivity index (χ1) is 16.1. The zero-order valence-corrected chi connectivity index (χ0v) is 19.2. The lowest BCUT2D eigenvalue weighted by atomic mass is 10.1. The van der Waals surface area contributed by atoms with Gasteiger partial charge >= 0.3 is 6.01 Å². The van der Waals surface area contributed by atoms with Crippen LogP contribution in [0.2, 0.25) is 0 Å². The fraction of sp³-hybridized carbons (Fsp3) is 0.222. The van der Waals surface area contributed by atoms with Gasteiger partial charge < -0.3 is 10.1 Å². The number of aryl methyl sites for hydroxylation is 2. The van der Waals surface area contributed by atoms with Gasteiger partial charge in [-0.05, 0) is 67.3 Å². The van der Waals surface area contributed by atoms with E-state index in [4.69, 9.17) is 4.74 Å². The van der Waals surface area contributed by atoms with Crippen molar-refractivity contribution in [1.29, 1.82) is 0 Å². The number of hydrogen-bond acceptors (Lipinski definition) is 4. The third kappa shape index (κ3) is 5.12. The number of carbonyl (C=O) groups is 1. The lowest BCUT2D eigenvalue weighted by molar-refractivity contribution is 0.102. The van der Waals surface area contributed by atoms with E-state index in [0.29, 0.717) is 23.1 Å². The smallest absolute Gasteiger partial charge is 0.336 e. The van der Waals surface area contributed by atoms with Crippen LogP contribution in [0.3, 0.4) is 0 Å². The Bertz CT molecular complexity index is 1230. The van der Waals surface area contributed by atoms with Crippen molar-refractivity contribution in [1.82, 2.24) is 14.8 Å². The molecule has 4 rings (SSSR count). The predicted molar refractivity (Wildman–Crippen MR) is 131 cm³/mol. The van der Waals surface area contributed by atoms with Gasteiger partial charge in [0.2, 0.25) is 0 Å². The second-order valence-corrected chi connectivity index (χ2v) is 7.95. The third-order valence-corrected chi connectivity index (χ3v) is 5.56. The average molecular weight is 441 g/mol. The van der Waals surface area contributed by atoms with Crippen LogP contribution >= 0.6 is 0 Å². The van der Waals surface area contributed by atoms with E-state index < -0.39 is 0 Å². The number of anilines is 1. The Hall–Kier alpha value is -3.93. The van der Waals surface area contributed by atoms with Crippen LogP contribution in [0.15, 0.2) is 72.8 Å². The molecule has 0 bridgehead atoms. The fourth-order valence-corrected chi connectivity index (χ4v) is 3.65. The predicted octanol–water partition coefficient (Wildman–Crippen LogP) is 5.85. The van der Waals surface area contributed by atoms with E-state index in [0.717, 1.165) is 36.1 Å². The molecule has 0 aliphatic heterocycles. The molecule has 33 heavy (non-hydrogen) atoms. The van der Waals surface area contributed by atoms with E-state index >= 15 is 0 Å². The van der Waals surface area contributed by atoms with Crippen LogP contribution in [-0.2, 0) is 6.42 Å². The molecular formula is C27H28N4O2. The molecule has 0 spiro atoms. The highest BCUT2D eigenvalue weighted by Gasteiger charge is 2.16. The monoisotopic (exact) mass is 440 g/mol. The Morgan fingerprint density at radius 2 is 1.73 bits per heavy atom. The number of aromatic nitrogens is 3. The number of nitrogens with zero attached hydrogens (tertiary/aromatic N) is 3. The highest BCUT2D eigenvalue weighted by Crippen LogP contribution is 2.26. The van der Waals surface area contributed by atoms with Crippen LogP contribution < -0.4 is 10.1 Å². The minimum Gasteiger partial charge on any atom is -0.466 e. The quantitative estimate of drug-likeness (QED) is 0.373. The van der Waals surface area contributed by atoms with E-state index in [2.05, 4.69) is 22.3 Å². The second kappa shape index (κ2) is 10.1. The molecule has 4 aromatic rings. The van der Waals surface area contributed by atoms with Gasteiger partial charge in [-0.15, -0.1) is 5.10 Å². The maximum Gasteiger partial charge on any atom is 0.336 e. The molecule has 1 aromatic heterocycles. The number of nitrogens with one attached hydrogen (secondary N) is 1. The Kier molecular flexibility index (Phi) is 6.83. The Morgan fingerprint density at radius 3 is 2.39 bits per heavy atom. The first-order valence-corrected chi connectivity index (χ1v) is 11.2. The highest BCUT2D eigenvalue weighted by molar-refractivity contribution is 6.04. The molecule has 0 aliphatic carbocycles. The van der Waals surface area contributed by atoms with Crippen molar-refractivity contribution in [3.8, 4) is 23.1 Å². The van der Waals surface area contributed by atoms with Gasteiger partial charge in [0.15, 0.2) is 5.82 Å². The van der Waals surface area contributed by atoms with Gasteiger partial charge in [0.25, 0.3) is 5.91 Å². The molecule has 1 amide bonds. The molecule has 0 fully saturated rings. The van der Waals surface area contributed by atoms with Crippen molar-refractivity contribution in [3.05, 3.63) is 89.5 Å². The zero-order valence-electron chi connectivity index (χ0n) is 19.2. The first kappa shape index (κ1) is 22.3. The van der Waals surface area contributed by atoms with Gasteiger partial charge in [-0.1, -0.05) is 49.7 Å². The van der Waals surface area contributed by atoms with Crippen molar-refractivity contribution < 1.29 is 9.53 Å². The lowest BCUT2D eigenvalue weighted by Gasteiger charge is -2.10. The third-order valence-electron chi connectivity index (χ3n) is 5.56. The van der Waals surface area contributed by atoms with Gasteiger partial charge in [0.05, 0.1) is 12.8 Å². The largest absolute Gasteiger partial charge is 0.466 e. The molecule has 1 N–H and O–H groups in total. The lowest BCUT2D eigenvalue weighted by Crippen LogP contribution is -2.12. The first-order valence-electron chi connectivity index (χ1n) is 11.2. The molecule has 6 nitrogen and oxygen atoms in total. The summed E-state index contributed by atoms with van der Waals surface area (Å²) >= 11 is 0. The van der Waals surface area contributed by atoms with Gasteiger partial charge in [-0.3, -0.25) is 4.79 Å². The summed E-state index contributed by atoms with van der Waals surface area (Å²) in [5, 5.41) is 7.44. The molecule has 6 heteroatoms. The summed E-state index contributed by atoms with van der Waals surface area (Å²) in [7, 11) is 1.55. The normalized spacial score (nSPS) is 10.8. The zero-order chi connectivity index (χ0) is 23.2. The standard InChI is InChI=1S/C27H28N4O2/c1-4-5-9-20-11-13-21(14-12-20)26(32)28-22-15-17-23(18-16-22)31-25(29-27(30-31)33-3)24-10-7-6-8-19(24)2/h6-8,10-18H,4-5,9H2,1-3H3,(H,28,32). The van der Waals surface area contributed by atoms with E-state index in [-0.39, 0.29) is 5.91 Å². The molecule has 3 aromatic carbocycles. The van der Waals surface area contributed by atoms with Crippen LogP contribution in [0.1, 0.15) is 41.3 Å². The molecule has 0 radical (unpaired) electrons. The number of hydrogen-bond donors (Lipinski definition) is 1. The number of ether oxygens (including phenoxy) is 1. The maximum atomic E-state index is 12.7. The van der Waals surface area contributed by atoms with Crippen molar-refractivity contribution in [3.63, 3.8) is 0 Å². The Labute approximate surface area is 194 Å². The maximum absolute atomic E-state index is 12.7. The summed E-state index contributed by atoms with van der Waals surface area (Å²) < 4.78 is 7.03. The van der Waals surface area contributed by atoms with Crippen LogP contribution in [0.5, 0.6) is 6.01 Å². The van der Waals surface area contributed by atoms with Gasteiger partial charge in [-0.25, -0.2) is 4.68 Å². The Balaban J connectivity index is 1.53. The van der Waals surface area contributed by atoms with Crippen molar-refractivity contribution >= 4 is 11.6 Å². The minimum absolute atomic E-state index is 0.132. The number of benzene rings is 3. The van der Waals surface area contributed by atoms with Gasteiger partial charge in [-0.2, -0.15) is 4.98 Å². The molecule has 0 atom stereocenters. The van der Waals surface area contributed by atoms with Gasteiger partial charge in [0, 0.05) is 16.8 Å². The van der Waals surface area contributed by atoms with E-state index in [1.165, 1.54) is 5.56 Å². The summed E-state index contributed by atoms with van der Waals surface area (Å²) in [5.41, 5.74) is 5.50. The SMILES string of the molecule is CCCCc1ccc(C(=O)Nc2ccc(-n3nc(OC)nc3-c3ccccc3C)cc2)cc1. The summed E-state index contributed by atoms with van der Waals surface area (Å²) in [4.78, 5) is 17.2. The number of unbranched alkanes of at least 4 members (excludes halogenated alkanes) is 1. The van der Waals surface area contributed by atoms with Crippen molar-refractivity contribution in [2.24, 2.45) is 0 Å². The number of methoxy groups -OCH3 is 1. The number of carbonyl (C=O) groups excluding carboxylic acids is 1. The van der Waals surface area contributed by atoms with E-state index in [9.17, 15) is 4.79 Å². The molecule has 168 valence electrons. The molecule has 0 unspecified atom stereocenters. The van der Waals surface area contributed by atoms with Crippen LogP contribution in [0.4, 0.5) is 5.69 Å². The molecular weight excluding hydrogens is 412 g/mol. The summed E-state index contributed by atoms with van der Waals surface area (Å²) in [6.45, 7) is 4.21. The molecule has 0 saturated heterocycles. The molecule has 0 saturated carbocycles. The van der Waals surface area contributed by atoms with E-state index in [1.54, 1.807) is 11.8 Å². The van der Waals surface area contributed by atoms with Crippen LogP contribution in [0, 0.1) is 6.92 Å². The minimum atomic E-state index is -0.132. The van der Waals surface area contributed by atoms with Crippen LogP contribution in [-0.4, -0.2) is 27.8 Å². The molecule has 0 aliphatic rings. The Morgan fingerprint density at radius 1 is 1.00 bits per heavy atom. The fourth-order valence-electron chi connectivity index (χ4n) is 3.65. The van der Waals surface area contributed by atoms with Gasteiger partial charge in [0.1, 0.15) is 0 Å². The summed E-state index contributed by atoms with van der Waals surface area (Å²) in [6.07, 6.45) is 3.35. The average Bonchev–Trinajstić information content (AvgIpc) is 3.28. The van der Waals surface area contributed by atoms with Crippen LogP contribution in [0.25, 0.3) is 17.1 Å². The molecule has 1 heterocycles. The van der Waals surface area contributed by atoms with Crippen molar-refractivity contribution in [2.45, 2.75) is 33.1 Å². The van der Waals surface area contributed by atoms with Crippen molar-refractivity contribution in [2.75, 3.05) is 12.4 Å². The summed E-state index contributed by atoms with van der Waals surface area (Å²) in [6, 6.07) is 23.7. The van der Waals surface area contributed by atoms with E-state index in [1.807, 2.05) is 79.7 Å². The topological polar surface area (TPSA) is 69.0 Å².